The number of nitrogens with one attached hydrogen (secondary N) is 1. The minimum Gasteiger partial charge on any atom is -0.308 e. The smallest absolute Gasteiger partial charge is 0.146 e. The van der Waals surface area contributed by atoms with Crippen molar-refractivity contribution in [3.05, 3.63) is 58.9 Å². The fourth-order valence-electron chi connectivity index (χ4n) is 1.67. The molecule has 1 unspecified atom stereocenters. The third-order valence-corrected chi connectivity index (χ3v) is 2.75. The van der Waals surface area contributed by atoms with Gasteiger partial charge in [-0.05, 0) is 13.1 Å². The average molecular weight is 252 g/mol. The molecule has 0 saturated carbocycles. The summed E-state index contributed by atoms with van der Waals surface area (Å²) in [4.78, 5) is 8.14. The lowest BCUT2D eigenvalue weighted by molar-refractivity contribution is 0.570. The number of nitrogens with zero attached hydrogens (tertiary/aromatic N) is 2. The standard InChI is InChI=1S/C12H11ClFN3/c1-15-12(10-7-16-5-6-17-10)8-3-2-4-9(13)11(8)14/h2-7,12,15H,1H3. The molecule has 3 nitrogen and oxygen atoms in total. The molecule has 88 valence electrons. The van der Waals surface area contributed by atoms with Crippen LogP contribution in [0.3, 0.4) is 0 Å². The van der Waals surface area contributed by atoms with E-state index >= 15 is 0 Å². The molecule has 5 heteroatoms. The normalized spacial score (nSPS) is 12.4. The van der Waals surface area contributed by atoms with E-state index in [0.717, 1.165) is 0 Å². The zero-order valence-corrected chi connectivity index (χ0v) is 9.95. The lowest BCUT2D eigenvalue weighted by atomic mass is 10.0. The van der Waals surface area contributed by atoms with Gasteiger partial charge < -0.3 is 5.32 Å². The van der Waals surface area contributed by atoms with Crippen LogP contribution in [0.4, 0.5) is 4.39 Å². The Balaban J connectivity index is 2.46. The second-order valence-corrected chi connectivity index (χ2v) is 3.90. The highest BCUT2D eigenvalue weighted by Gasteiger charge is 2.18. The molecule has 0 aliphatic carbocycles. The summed E-state index contributed by atoms with van der Waals surface area (Å²) in [5.74, 6) is -0.431. The van der Waals surface area contributed by atoms with Crippen molar-refractivity contribution in [2.45, 2.75) is 6.04 Å². The van der Waals surface area contributed by atoms with Crippen LogP contribution in [-0.4, -0.2) is 17.0 Å². The van der Waals surface area contributed by atoms with Gasteiger partial charge in [-0.25, -0.2) is 4.39 Å². The number of hydrogen-bond donors (Lipinski definition) is 1. The van der Waals surface area contributed by atoms with E-state index in [1.54, 1.807) is 37.8 Å². The van der Waals surface area contributed by atoms with Crippen LogP contribution in [0.2, 0.25) is 5.02 Å². The Morgan fingerprint density at radius 2 is 2.18 bits per heavy atom. The Hall–Kier alpha value is -1.52. The Kier molecular flexibility index (Phi) is 3.66. The second-order valence-electron chi connectivity index (χ2n) is 3.50. The zero-order valence-electron chi connectivity index (χ0n) is 9.19. The van der Waals surface area contributed by atoms with Crippen LogP contribution >= 0.6 is 11.6 Å². The monoisotopic (exact) mass is 251 g/mol. The molecule has 0 aliphatic rings. The van der Waals surface area contributed by atoms with Crippen molar-refractivity contribution in [3.63, 3.8) is 0 Å². The van der Waals surface area contributed by atoms with E-state index < -0.39 is 5.82 Å². The van der Waals surface area contributed by atoms with Crippen LogP contribution < -0.4 is 5.32 Å². The van der Waals surface area contributed by atoms with Crippen LogP contribution in [0.1, 0.15) is 17.3 Å². The molecule has 0 bridgehead atoms. The third kappa shape index (κ3) is 2.43. The molecule has 2 rings (SSSR count). The maximum Gasteiger partial charge on any atom is 0.146 e. The van der Waals surface area contributed by atoms with E-state index in [-0.39, 0.29) is 11.1 Å². The number of rotatable bonds is 3. The van der Waals surface area contributed by atoms with Crippen molar-refractivity contribution in [2.75, 3.05) is 7.05 Å². The highest BCUT2D eigenvalue weighted by Crippen LogP contribution is 2.26. The van der Waals surface area contributed by atoms with Crippen LogP contribution in [0.25, 0.3) is 0 Å². The van der Waals surface area contributed by atoms with Crippen molar-refractivity contribution < 1.29 is 4.39 Å². The molecule has 0 spiro atoms. The zero-order chi connectivity index (χ0) is 12.3. The molecule has 0 aliphatic heterocycles. The lowest BCUT2D eigenvalue weighted by Crippen LogP contribution is -2.20. The van der Waals surface area contributed by atoms with Crippen LogP contribution in [-0.2, 0) is 0 Å². The largest absolute Gasteiger partial charge is 0.308 e. The summed E-state index contributed by atoms with van der Waals surface area (Å²) < 4.78 is 13.9. The van der Waals surface area contributed by atoms with Gasteiger partial charge in [-0.2, -0.15) is 0 Å². The first-order chi connectivity index (χ1) is 8.24. The minimum absolute atomic E-state index is 0.103. The SMILES string of the molecule is CNC(c1cnccn1)c1cccc(Cl)c1F. The van der Waals surface area contributed by atoms with Crippen LogP contribution in [0, 0.1) is 5.82 Å². The highest BCUT2D eigenvalue weighted by atomic mass is 35.5. The minimum atomic E-state index is -0.431. The molecule has 0 saturated heterocycles. The van der Waals surface area contributed by atoms with E-state index in [4.69, 9.17) is 11.6 Å². The van der Waals surface area contributed by atoms with Gasteiger partial charge >= 0.3 is 0 Å². The van der Waals surface area contributed by atoms with E-state index in [9.17, 15) is 4.39 Å². The fourth-order valence-corrected chi connectivity index (χ4v) is 1.85. The van der Waals surface area contributed by atoms with Gasteiger partial charge in [0.2, 0.25) is 0 Å². The Morgan fingerprint density at radius 3 is 2.82 bits per heavy atom. The molecular formula is C12H11ClFN3. The van der Waals surface area contributed by atoms with Gasteiger partial charge in [-0.15, -0.1) is 0 Å². The fraction of sp³-hybridized carbons (Fsp3) is 0.167. The van der Waals surface area contributed by atoms with Crippen LogP contribution in [0.5, 0.6) is 0 Å². The summed E-state index contributed by atoms with van der Waals surface area (Å²) >= 11 is 5.76. The molecule has 0 amide bonds. The molecule has 1 atom stereocenters. The first-order valence-corrected chi connectivity index (χ1v) is 5.49. The Labute approximate surface area is 104 Å². The lowest BCUT2D eigenvalue weighted by Gasteiger charge is -2.16. The van der Waals surface area contributed by atoms with Gasteiger partial charge in [0, 0.05) is 18.0 Å². The molecular weight excluding hydrogens is 241 g/mol. The van der Waals surface area contributed by atoms with Gasteiger partial charge in [0.1, 0.15) is 5.82 Å². The predicted molar refractivity (Wildman–Crippen MR) is 64.3 cm³/mol. The van der Waals surface area contributed by atoms with E-state index in [0.29, 0.717) is 11.3 Å². The maximum absolute atomic E-state index is 13.9. The van der Waals surface area contributed by atoms with Gasteiger partial charge in [0.15, 0.2) is 0 Å². The second kappa shape index (κ2) is 5.21. The summed E-state index contributed by atoms with van der Waals surface area (Å²) in [6.07, 6.45) is 4.74. The molecule has 0 fully saturated rings. The summed E-state index contributed by atoms with van der Waals surface area (Å²) in [6, 6.07) is 4.55. The van der Waals surface area contributed by atoms with E-state index in [1.807, 2.05) is 0 Å². The van der Waals surface area contributed by atoms with Crippen molar-refractivity contribution in [1.29, 1.82) is 0 Å². The van der Waals surface area contributed by atoms with Crippen molar-refractivity contribution in [1.82, 2.24) is 15.3 Å². The van der Waals surface area contributed by atoms with Gasteiger partial charge in [-0.3, -0.25) is 9.97 Å². The molecule has 2 aromatic rings. The van der Waals surface area contributed by atoms with Crippen molar-refractivity contribution in [2.24, 2.45) is 0 Å². The first-order valence-electron chi connectivity index (χ1n) is 5.11. The van der Waals surface area contributed by atoms with Crippen LogP contribution in [0.15, 0.2) is 36.8 Å². The maximum atomic E-state index is 13.9. The molecule has 17 heavy (non-hydrogen) atoms. The van der Waals surface area contributed by atoms with Gasteiger partial charge in [0.05, 0.1) is 23.0 Å². The highest BCUT2D eigenvalue weighted by molar-refractivity contribution is 6.30. The molecule has 1 heterocycles. The van der Waals surface area contributed by atoms with Crippen molar-refractivity contribution in [3.8, 4) is 0 Å². The summed E-state index contributed by atoms with van der Waals surface area (Å²) in [7, 11) is 1.74. The molecule has 1 N–H and O–H groups in total. The molecule has 0 radical (unpaired) electrons. The summed E-state index contributed by atoms with van der Waals surface area (Å²) in [6.45, 7) is 0. The Bertz CT molecular complexity index is 504. The number of benzene rings is 1. The third-order valence-electron chi connectivity index (χ3n) is 2.46. The predicted octanol–water partition coefficient (Wildman–Crippen LogP) is 2.58. The topological polar surface area (TPSA) is 37.8 Å². The average Bonchev–Trinajstić information content (AvgIpc) is 2.37. The summed E-state index contributed by atoms with van der Waals surface area (Å²) in [5, 5.41) is 3.10. The molecule has 1 aromatic carbocycles. The number of aromatic nitrogens is 2. The number of hydrogen-bond acceptors (Lipinski definition) is 3. The van der Waals surface area contributed by atoms with E-state index in [1.165, 1.54) is 6.07 Å². The molecule has 1 aromatic heterocycles. The van der Waals surface area contributed by atoms with Crippen molar-refractivity contribution >= 4 is 11.6 Å². The van der Waals surface area contributed by atoms with Gasteiger partial charge in [-0.1, -0.05) is 23.7 Å². The first kappa shape index (κ1) is 12.0. The summed E-state index contributed by atoms with van der Waals surface area (Å²) in [5.41, 5.74) is 1.11. The number of halogens is 2. The quantitative estimate of drug-likeness (QED) is 0.911. The van der Waals surface area contributed by atoms with Gasteiger partial charge in [0.25, 0.3) is 0 Å². The van der Waals surface area contributed by atoms with E-state index in [2.05, 4.69) is 15.3 Å². The Morgan fingerprint density at radius 1 is 1.35 bits per heavy atom.